The Labute approximate surface area is 111 Å². The van der Waals surface area contributed by atoms with Crippen LogP contribution in [0.5, 0.6) is 0 Å². The van der Waals surface area contributed by atoms with Gasteiger partial charge in [-0.1, -0.05) is 0 Å². The number of hydrogen-bond acceptors (Lipinski definition) is 2. The Bertz CT molecular complexity index is 1010. The predicted molar refractivity (Wildman–Crippen MR) is 76.9 cm³/mol. The van der Waals surface area contributed by atoms with Crippen LogP contribution in [0.4, 0.5) is 0 Å². The van der Waals surface area contributed by atoms with Gasteiger partial charge >= 0.3 is 111 Å². The Morgan fingerprint density at radius 2 is 1.40 bits per heavy atom. The Morgan fingerprint density at radius 3 is 1.70 bits per heavy atom. The van der Waals surface area contributed by atoms with Gasteiger partial charge in [-0.25, -0.2) is 0 Å². The molecular formula is C17H26FeN2. The summed E-state index contributed by atoms with van der Waals surface area (Å²) < 4.78 is 1.90. The topological polar surface area (TPSA) is 6.48 Å². The predicted octanol–water partition coefficient (Wildman–Crippen LogP) is 3.56. The van der Waals surface area contributed by atoms with Crippen molar-refractivity contribution in [2.24, 2.45) is 0 Å². The molecule has 10 fully saturated rings. The van der Waals surface area contributed by atoms with Crippen LogP contribution in [-0.4, -0.2) is 48.0 Å². The summed E-state index contributed by atoms with van der Waals surface area (Å²) in [6.45, 7) is 5.88. The quantitative estimate of drug-likeness (QED) is 0.716. The van der Waals surface area contributed by atoms with Crippen LogP contribution in [0.15, 0.2) is 0 Å². The SMILES string of the molecule is CCN(CC)C[C]12[CH]3[CH]4[CH]5[C]1(N(C)C)[Fe]43521678[CH]2[CH]1[CH]6[CH]7[CH]28. The van der Waals surface area contributed by atoms with E-state index in [9.17, 15) is 0 Å². The summed E-state index contributed by atoms with van der Waals surface area (Å²) in [7, 11) is 5.01. The van der Waals surface area contributed by atoms with E-state index in [2.05, 4.69) is 37.7 Å². The molecule has 0 bridgehead atoms. The molecule has 0 aromatic rings. The second kappa shape index (κ2) is 0.808. The third-order valence-corrected chi connectivity index (χ3v) is 60.5. The second-order valence-electron chi connectivity index (χ2n) is 12.2. The fraction of sp³-hybridized carbons (Fsp3) is 1.00. The van der Waals surface area contributed by atoms with E-state index < -0.39 is 6.51 Å². The van der Waals surface area contributed by atoms with E-state index in [0.717, 1.165) is 8.75 Å². The number of hydrogen-bond donors (Lipinski definition) is 0. The van der Waals surface area contributed by atoms with E-state index in [1.165, 1.54) is 51.6 Å². The molecule has 2 nitrogen and oxygen atoms in total. The molecule has 0 N–H and O–H groups in total. The van der Waals surface area contributed by atoms with Gasteiger partial charge in [0.2, 0.25) is 0 Å². The van der Waals surface area contributed by atoms with Crippen molar-refractivity contribution >= 4 is 0 Å². The maximum absolute atomic E-state index is 3.07. The van der Waals surface area contributed by atoms with Crippen LogP contribution in [0, 0.1) is 0 Å². The molecule has 5 unspecified atom stereocenters. The molecule has 10 aliphatic rings. The van der Waals surface area contributed by atoms with Crippen LogP contribution in [0.25, 0.3) is 0 Å². The first kappa shape index (κ1) is 8.91. The van der Waals surface area contributed by atoms with E-state index >= 15 is 0 Å². The van der Waals surface area contributed by atoms with Gasteiger partial charge in [0, 0.05) is 0 Å². The Kier molecular flexibility index (Phi) is 0.360. The molecule has 1 spiro atoms. The van der Waals surface area contributed by atoms with Crippen LogP contribution >= 0.6 is 0 Å². The molecule has 10 rings (SSSR count). The molecule has 5 atom stereocenters. The first-order valence-electron chi connectivity index (χ1n) is 8.98. The third kappa shape index (κ3) is 0.0954. The first-order chi connectivity index (χ1) is 9.37. The average molecular weight is 314 g/mol. The van der Waals surface area contributed by atoms with Crippen molar-refractivity contribution in [3.8, 4) is 0 Å². The summed E-state index contributed by atoms with van der Waals surface area (Å²) in [5.41, 5.74) is 0. The molecule has 3 heteroatoms. The molecule has 0 aromatic heterocycles. The molecule has 10 heterocycles. The van der Waals surface area contributed by atoms with Gasteiger partial charge in [0.05, 0.1) is 0 Å². The summed E-state index contributed by atoms with van der Waals surface area (Å²) >= 11 is 0. The molecule has 112 valence electrons. The van der Waals surface area contributed by atoms with Crippen molar-refractivity contribution < 1.29 is 6.51 Å². The number of rotatable bonds is 5. The van der Waals surface area contributed by atoms with Gasteiger partial charge in [-0.2, -0.15) is 0 Å². The summed E-state index contributed by atoms with van der Waals surface area (Å²) in [4.78, 5) is 17.2. The van der Waals surface area contributed by atoms with Gasteiger partial charge in [0.25, 0.3) is 0 Å². The van der Waals surface area contributed by atoms with Crippen LogP contribution in [0.3, 0.4) is 0 Å². The zero-order valence-electron chi connectivity index (χ0n) is 13.0. The molecule has 0 aliphatic carbocycles. The van der Waals surface area contributed by atoms with Gasteiger partial charge in [-0.15, -0.1) is 0 Å². The van der Waals surface area contributed by atoms with Crippen molar-refractivity contribution in [1.82, 2.24) is 9.80 Å². The van der Waals surface area contributed by atoms with Gasteiger partial charge in [-0.3, -0.25) is 0 Å². The van der Waals surface area contributed by atoms with Crippen molar-refractivity contribution in [1.29, 1.82) is 0 Å². The monoisotopic (exact) mass is 314 g/mol. The summed E-state index contributed by atoms with van der Waals surface area (Å²) in [5.74, 6) is 0. The summed E-state index contributed by atoms with van der Waals surface area (Å²) in [6.07, 6.45) is 0. The normalized spacial score (nSPS) is 108. The standard InChI is InChI=1S/C12H21N2.C5H5.Fe/c1-5-14(6-2)10-11-8-7-9-12(11)13(3)4;1-2-4-5-3-1;/h7-9H,5-6,10H2,1-4H3;1-5H;. The van der Waals surface area contributed by atoms with Crippen molar-refractivity contribution in [3.05, 3.63) is 0 Å². The molecule has 10 aliphatic heterocycles. The molecule has 0 amide bonds. The van der Waals surface area contributed by atoms with Gasteiger partial charge in [0.15, 0.2) is 0 Å². The van der Waals surface area contributed by atoms with Crippen LogP contribution in [0.2, 0.25) is 42.8 Å². The van der Waals surface area contributed by atoms with Crippen LogP contribution < -0.4 is 0 Å². The van der Waals surface area contributed by atoms with Crippen LogP contribution in [0.1, 0.15) is 13.8 Å². The van der Waals surface area contributed by atoms with Crippen LogP contribution in [-0.2, 0) is 6.51 Å². The van der Waals surface area contributed by atoms with E-state index in [1.54, 1.807) is 6.54 Å². The molecule has 20 heavy (non-hydrogen) atoms. The third-order valence-electron chi connectivity index (χ3n) is 17.1. The minimum absolute atomic E-state index is 0.911. The molecule has 0 saturated carbocycles. The average Bonchev–Trinajstić information content (AvgIpc) is 3.36. The second-order valence-corrected chi connectivity index (χ2v) is 35.5. The molecule has 10 saturated heterocycles. The zero-order valence-corrected chi connectivity index (χ0v) is 14.1. The maximum atomic E-state index is 2.88. The Hall–Kier alpha value is 0.439. The van der Waals surface area contributed by atoms with Gasteiger partial charge in [0.1, 0.15) is 0 Å². The number of nitrogens with zero attached hydrogens (tertiary/aromatic N) is 2. The van der Waals surface area contributed by atoms with Crippen molar-refractivity contribution in [2.75, 3.05) is 33.7 Å². The van der Waals surface area contributed by atoms with Gasteiger partial charge in [-0.05, 0) is 0 Å². The Balaban J connectivity index is 1.44. The summed E-state index contributed by atoms with van der Waals surface area (Å²) in [6, 6.07) is 0. The van der Waals surface area contributed by atoms with E-state index in [-0.39, 0.29) is 0 Å². The van der Waals surface area contributed by atoms with Crippen molar-refractivity contribution in [2.45, 2.75) is 61.1 Å². The van der Waals surface area contributed by atoms with Crippen molar-refractivity contribution in [3.63, 3.8) is 0 Å². The molecule has 0 radical (unpaired) electrons. The molecule has 0 aromatic carbocycles. The molecular weight excluding hydrogens is 288 g/mol. The Morgan fingerprint density at radius 1 is 0.850 bits per heavy atom. The van der Waals surface area contributed by atoms with E-state index in [1.807, 2.05) is 0 Å². The fourth-order valence-corrected chi connectivity index (χ4v) is 96.7. The fourth-order valence-electron chi connectivity index (χ4n) is 19.5. The van der Waals surface area contributed by atoms with Gasteiger partial charge < -0.3 is 0 Å². The van der Waals surface area contributed by atoms with E-state index in [4.69, 9.17) is 0 Å². The summed E-state index contributed by atoms with van der Waals surface area (Å²) in [5, 5.41) is 0. The zero-order chi connectivity index (χ0) is 13.2. The van der Waals surface area contributed by atoms with E-state index in [0.29, 0.717) is 0 Å². The minimum atomic E-state index is -3.07. The first-order valence-corrected chi connectivity index (χ1v) is 15.2. The number of fused-ring (bicyclic) bond motifs is 10.